The van der Waals surface area contributed by atoms with Crippen molar-refractivity contribution in [3.63, 3.8) is 0 Å². The second-order valence-corrected chi connectivity index (χ2v) is 34.1. The Kier molecular flexibility index (Phi) is 29.1. The minimum atomic E-state index is -0.390. The molecule has 0 bridgehead atoms. The number of methoxy groups -OCH3 is 1. The van der Waals surface area contributed by atoms with Crippen molar-refractivity contribution in [3.05, 3.63) is 438 Å². The highest BCUT2D eigenvalue weighted by Gasteiger charge is 2.41. The molecule has 656 valence electrons. The summed E-state index contributed by atoms with van der Waals surface area (Å²) in [6.45, 7) is 7.76. The summed E-state index contributed by atoms with van der Waals surface area (Å²) in [5, 5.41) is 16.9. The summed E-state index contributed by atoms with van der Waals surface area (Å²) in [7, 11) is 1.64. The number of benzene rings is 9. The molecule has 132 heavy (non-hydrogen) atoms. The number of nitrogens with one attached hydrogen (secondary N) is 5. The zero-order chi connectivity index (χ0) is 91.9. The van der Waals surface area contributed by atoms with E-state index in [0.717, 1.165) is 94.7 Å². The van der Waals surface area contributed by atoms with Crippen LogP contribution in [0.1, 0.15) is 65.4 Å². The predicted molar refractivity (Wildman–Crippen MR) is 535 cm³/mol. The number of imidazole rings is 3. The fourth-order valence-corrected chi connectivity index (χ4v) is 17.3. The molecular formula is C104H82Br2Cl5N15O6+2. The van der Waals surface area contributed by atoms with Crippen LogP contribution in [0, 0.1) is 20.8 Å². The number of allylic oxidation sites excluding steroid dienone is 4. The fourth-order valence-electron chi connectivity index (χ4n) is 14.7. The number of hydrogen-bond acceptors (Lipinski definition) is 12. The quantitative estimate of drug-likeness (QED) is 0.0480. The third-order valence-corrected chi connectivity index (χ3v) is 24.6. The largest absolute Gasteiger partial charge is 0.497 e. The Balaban J connectivity index is 0.000000120. The molecule has 28 heteroatoms. The first kappa shape index (κ1) is 91.2. The molecule has 0 saturated carbocycles. The van der Waals surface area contributed by atoms with Crippen molar-refractivity contribution in [1.82, 2.24) is 38.8 Å². The molecule has 0 saturated heterocycles. The van der Waals surface area contributed by atoms with Gasteiger partial charge in [0, 0.05) is 105 Å². The summed E-state index contributed by atoms with van der Waals surface area (Å²) in [4.78, 5) is 74.6. The van der Waals surface area contributed by atoms with Gasteiger partial charge >= 0.3 is 0 Å². The van der Waals surface area contributed by atoms with Crippen LogP contribution in [0.15, 0.2) is 371 Å². The van der Waals surface area contributed by atoms with Gasteiger partial charge in [0.05, 0.1) is 79.6 Å². The molecule has 20 rings (SSSR count). The molecule has 4 amide bonds. The standard InChI is InChI=1S/C22H17BrClN3O.C22H21N3.C20H12BrCl2N3O.C20H13Cl2N3O.C20H17N3O3/c1-14-8-10-15(11-9-14)19-20(23)27-12-4-6-17(21(27)26-19)22(28)25-13-16-5-2-3-7-18(16)24;1-16-8-10-19(11-9-16)21-15-25-14-17(2)12-20(22(25)24-21)23-13-18-6-4-3-5-7-18;21-18-17(12-6-2-1-3-7-12)25-19-15(10-5-11-26(18)19)24-20(27)16-13(22)8-4-9-14(16)23;21-14-8-4-9-15(22)18(14)20(26)24-16-10-5-11-25-12-17(23-19(16)25)13-6-2-1-3-7-13;1-25-15-8-6-14(7-9-15)18-13-23-10-2-5-17(19(23)22-18)20(24)21-12-16-4-3-11-26-16/h2-12,21H,13H2,1H3;3-12,14-15,23H,13H2,1-2H3;1-11H,(H,24,27);1-12H,(H,24,26);2-11,13,19H,12H2,1H3/p+2. The van der Waals surface area contributed by atoms with E-state index in [9.17, 15) is 19.2 Å². The molecule has 0 radical (unpaired) electrons. The number of aliphatic imine (C=N–C) groups is 2. The molecule has 0 aliphatic carbocycles. The van der Waals surface area contributed by atoms with E-state index in [4.69, 9.17) is 87.1 Å². The van der Waals surface area contributed by atoms with Crippen LogP contribution in [0.25, 0.3) is 50.7 Å². The summed E-state index contributed by atoms with van der Waals surface area (Å²) >= 11 is 38.0. The Labute approximate surface area is 802 Å². The highest BCUT2D eigenvalue weighted by molar-refractivity contribution is 9.19. The zero-order valence-corrected chi connectivity index (χ0v) is 78.2. The van der Waals surface area contributed by atoms with Crippen LogP contribution in [0.3, 0.4) is 0 Å². The molecule has 0 spiro atoms. The van der Waals surface area contributed by atoms with E-state index in [1.807, 2.05) is 219 Å². The minimum Gasteiger partial charge on any atom is -0.497 e. The molecule has 2 atom stereocenters. The number of pyridine rings is 3. The highest BCUT2D eigenvalue weighted by Crippen LogP contribution is 2.36. The fraction of sp³-hybridized carbons (Fsp3) is 0.0865. The number of nitrogens with zero attached hydrogens (tertiary/aromatic N) is 10. The number of aromatic nitrogens is 6. The van der Waals surface area contributed by atoms with Gasteiger partial charge in [0.2, 0.25) is 0 Å². The lowest BCUT2D eigenvalue weighted by Crippen LogP contribution is -2.34. The lowest BCUT2D eigenvalue weighted by Gasteiger charge is -2.13. The van der Waals surface area contributed by atoms with Crippen LogP contribution in [-0.4, -0.2) is 103 Å². The van der Waals surface area contributed by atoms with Crippen LogP contribution in [0.4, 0.5) is 17.1 Å². The Morgan fingerprint density at radius 1 is 0.462 bits per heavy atom. The Bertz CT molecular complexity index is 7240. The van der Waals surface area contributed by atoms with Crippen molar-refractivity contribution in [2.24, 2.45) is 9.98 Å². The smallest absolute Gasteiger partial charge is 0.284 e. The van der Waals surface area contributed by atoms with Gasteiger partial charge in [-0.2, -0.15) is 9.15 Å². The van der Waals surface area contributed by atoms with Crippen LogP contribution in [0.5, 0.6) is 5.75 Å². The van der Waals surface area contributed by atoms with Gasteiger partial charge in [-0.25, -0.2) is 24.9 Å². The number of hydrogen-bond donors (Lipinski definition) is 5. The van der Waals surface area contributed by atoms with Gasteiger partial charge in [-0.15, -0.1) is 0 Å². The van der Waals surface area contributed by atoms with E-state index in [1.165, 1.54) is 22.3 Å². The summed E-state index contributed by atoms with van der Waals surface area (Å²) in [5.74, 6) is 0.421. The summed E-state index contributed by atoms with van der Waals surface area (Å²) in [6, 6.07) is 84.9. The average molecular weight is 1970 g/mol. The van der Waals surface area contributed by atoms with E-state index < -0.39 is 0 Å². The Hall–Kier alpha value is -14.1. The molecule has 2 unspecified atom stereocenters. The lowest BCUT2D eigenvalue weighted by atomic mass is 10.1. The second kappa shape index (κ2) is 42.2. The van der Waals surface area contributed by atoms with Crippen LogP contribution >= 0.6 is 89.9 Å². The van der Waals surface area contributed by atoms with Crippen molar-refractivity contribution >= 4 is 170 Å². The first-order valence-corrected chi connectivity index (χ1v) is 45.1. The molecule has 21 nitrogen and oxygen atoms in total. The summed E-state index contributed by atoms with van der Waals surface area (Å²) in [5.41, 5.74) is 21.2. The van der Waals surface area contributed by atoms with Gasteiger partial charge in [0.1, 0.15) is 38.7 Å². The van der Waals surface area contributed by atoms with Gasteiger partial charge in [-0.05, 0) is 163 Å². The molecule has 4 aliphatic heterocycles. The zero-order valence-electron chi connectivity index (χ0n) is 71.3. The molecule has 16 aromatic rings. The van der Waals surface area contributed by atoms with Gasteiger partial charge in [0.25, 0.3) is 40.6 Å². The van der Waals surface area contributed by atoms with Crippen molar-refractivity contribution in [3.8, 4) is 39.5 Å². The Morgan fingerprint density at radius 2 is 0.992 bits per heavy atom. The number of carbonyl (C=O) groups is 4. The lowest BCUT2D eigenvalue weighted by molar-refractivity contribution is -0.479. The van der Waals surface area contributed by atoms with Crippen molar-refractivity contribution in [1.29, 1.82) is 0 Å². The molecule has 0 fully saturated rings. The molecule has 7 aromatic heterocycles. The number of halogens is 7. The van der Waals surface area contributed by atoms with Crippen molar-refractivity contribution in [2.75, 3.05) is 23.1 Å². The van der Waals surface area contributed by atoms with E-state index in [1.54, 1.807) is 74.0 Å². The first-order chi connectivity index (χ1) is 64.2. The second-order valence-electron chi connectivity index (χ2n) is 30.5. The van der Waals surface area contributed by atoms with Crippen molar-refractivity contribution in [2.45, 2.75) is 52.7 Å². The SMILES string of the molecule is COc1ccc(C2=NC3C(C(=O)NCc4ccco4)=CC=C[N+]3=C2)cc1.Cc1ccc(-c2cn3cc(C)cc(NCc4ccccc4)c3n2)cc1.Cc1ccc(C2=NC3C(C(=O)NCc4ccccc4Cl)=CC=C[N+]3=C2Br)cc1.O=C(Nc1cccn2c(Br)c(-c3ccccc3)nc12)c1c(Cl)cccc1Cl.O=C(Nc1cccn2cc(-c3ccccc3)nc12)c1c(Cl)cccc1Cl. The number of carbonyl (C=O) groups excluding carboxylic acids is 4. The van der Waals surface area contributed by atoms with E-state index in [2.05, 4.69) is 168 Å². The average Bonchev–Trinajstić information content (AvgIpc) is 1.65. The normalized spacial score (nSPS) is 13.8. The maximum absolute atomic E-state index is 12.8. The van der Waals surface area contributed by atoms with Gasteiger partial charge in [0.15, 0.2) is 41.3 Å². The van der Waals surface area contributed by atoms with E-state index in [0.29, 0.717) is 77.8 Å². The monoisotopic (exact) mass is 1970 g/mol. The van der Waals surface area contributed by atoms with E-state index in [-0.39, 0.29) is 47.1 Å². The molecule has 9 aromatic carbocycles. The molecule has 11 heterocycles. The Morgan fingerprint density at radius 3 is 1.61 bits per heavy atom. The minimum absolute atomic E-state index is 0.158. The molecule has 5 N–H and O–H groups in total. The highest BCUT2D eigenvalue weighted by atomic mass is 79.9. The number of rotatable bonds is 19. The number of amides is 4. The number of ether oxygens (including phenoxy) is 1. The van der Waals surface area contributed by atoms with Crippen LogP contribution in [-0.2, 0) is 29.2 Å². The van der Waals surface area contributed by atoms with Crippen LogP contribution < -0.4 is 31.3 Å². The number of furan rings is 1. The van der Waals surface area contributed by atoms with Gasteiger partial charge < -0.3 is 44.5 Å². The van der Waals surface area contributed by atoms with Gasteiger partial charge in [-0.1, -0.05) is 239 Å². The summed E-state index contributed by atoms with van der Waals surface area (Å²) < 4.78 is 21.8. The molecular weight excluding hydrogens is 1890 g/mol. The third-order valence-electron chi connectivity index (χ3n) is 21.4. The van der Waals surface area contributed by atoms with Gasteiger partial charge in [-0.3, -0.25) is 23.6 Å². The number of anilines is 3. The van der Waals surface area contributed by atoms with Crippen LogP contribution in [0.2, 0.25) is 25.1 Å². The predicted octanol–water partition coefficient (Wildman–Crippen LogP) is 23.7. The first-order valence-electron chi connectivity index (χ1n) is 41.7. The summed E-state index contributed by atoms with van der Waals surface area (Å²) in [6.07, 6.45) is 23.8. The topological polar surface area (TPSA) is 233 Å². The number of fused-ring (bicyclic) bond motifs is 5. The van der Waals surface area contributed by atoms with E-state index >= 15 is 0 Å². The number of aryl methyl sites for hydroxylation is 3. The molecule has 4 aliphatic rings. The third kappa shape index (κ3) is 21.5. The maximum atomic E-state index is 12.8. The maximum Gasteiger partial charge on any atom is 0.284 e. The van der Waals surface area contributed by atoms with Crippen molar-refractivity contribution < 1.29 is 37.5 Å².